The summed E-state index contributed by atoms with van der Waals surface area (Å²) in [6, 6.07) is 5.39. The Morgan fingerprint density at radius 1 is 1.08 bits per heavy atom. The average molecular weight is 496 g/mol. The number of amides is 3. The van der Waals surface area contributed by atoms with E-state index in [4.69, 9.17) is 0 Å². The van der Waals surface area contributed by atoms with E-state index in [0.29, 0.717) is 29.6 Å². The van der Waals surface area contributed by atoms with E-state index in [1.807, 2.05) is 6.92 Å². The van der Waals surface area contributed by atoms with E-state index < -0.39 is 17.8 Å². The Bertz CT molecular complexity index is 1120. The Hall–Kier alpha value is -3.23. The number of nitrogens with one attached hydrogen (secondary N) is 2. The van der Waals surface area contributed by atoms with Crippen molar-refractivity contribution in [3.63, 3.8) is 0 Å². The zero-order chi connectivity index (χ0) is 25.2. The number of rotatable bonds is 10. The maximum Gasteiger partial charge on any atom is 0.270 e. The fourth-order valence-corrected chi connectivity index (χ4v) is 5.45. The van der Waals surface area contributed by atoms with Gasteiger partial charge in [0.25, 0.3) is 5.91 Å². The summed E-state index contributed by atoms with van der Waals surface area (Å²) in [7, 11) is 0. The predicted molar refractivity (Wildman–Crippen MR) is 133 cm³/mol. The molecule has 0 radical (unpaired) electrons. The number of likely N-dealkylation sites (tertiary alicyclic amines) is 1. The van der Waals surface area contributed by atoms with Crippen LogP contribution in [0.4, 0.5) is 10.1 Å². The average Bonchev–Trinajstić information content (AvgIpc) is 3.77. The van der Waals surface area contributed by atoms with Gasteiger partial charge in [0.1, 0.15) is 17.6 Å². The predicted octanol–water partition coefficient (Wildman–Crippen LogP) is 3.38. The highest BCUT2D eigenvalue weighted by Crippen LogP contribution is 2.51. The lowest BCUT2D eigenvalue weighted by Gasteiger charge is -2.27. The van der Waals surface area contributed by atoms with Crippen LogP contribution >= 0.6 is 0 Å². The summed E-state index contributed by atoms with van der Waals surface area (Å²) in [6.45, 7) is 3.95. The highest BCUT2D eigenvalue weighted by atomic mass is 19.1. The molecule has 0 spiro atoms. The normalized spacial score (nSPS) is 18.4. The maximum atomic E-state index is 15.0. The van der Waals surface area contributed by atoms with Crippen molar-refractivity contribution in [1.82, 2.24) is 20.0 Å². The molecule has 1 aromatic carbocycles. The number of carbonyl (C=O) groups excluding carboxylic acids is 3. The molecule has 2 N–H and O–H groups in total. The van der Waals surface area contributed by atoms with Gasteiger partial charge in [-0.1, -0.05) is 6.07 Å². The third kappa shape index (κ3) is 5.44. The lowest BCUT2D eigenvalue weighted by atomic mass is 9.88. The Morgan fingerprint density at radius 2 is 1.78 bits per heavy atom. The van der Waals surface area contributed by atoms with Gasteiger partial charge < -0.3 is 15.5 Å². The van der Waals surface area contributed by atoms with E-state index in [9.17, 15) is 18.8 Å². The second-order valence-electron chi connectivity index (χ2n) is 10.3. The summed E-state index contributed by atoms with van der Waals surface area (Å²) >= 11 is 0. The van der Waals surface area contributed by atoms with E-state index in [-0.39, 0.29) is 29.8 Å². The van der Waals surface area contributed by atoms with Crippen LogP contribution in [0.1, 0.15) is 61.5 Å². The van der Waals surface area contributed by atoms with E-state index in [0.717, 1.165) is 51.6 Å². The molecule has 1 aliphatic heterocycles. The fourth-order valence-electron chi connectivity index (χ4n) is 5.45. The molecule has 9 heteroatoms. The van der Waals surface area contributed by atoms with Crippen LogP contribution in [-0.2, 0) is 22.6 Å². The van der Waals surface area contributed by atoms with Crippen LogP contribution in [0.15, 0.2) is 30.5 Å². The molecule has 2 aliphatic carbocycles. The lowest BCUT2D eigenvalue weighted by Crippen LogP contribution is -2.50. The summed E-state index contributed by atoms with van der Waals surface area (Å²) in [5, 5.41) is 9.84. The summed E-state index contributed by atoms with van der Waals surface area (Å²) < 4.78 is 16.6. The number of hydrogen-bond donors (Lipinski definition) is 2. The smallest absolute Gasteiger partial charge is 0.270 e. The molecule has 3 amide bonds. The minimum atomic E-state index is -0.756. The molecule has 2 aromatic rings. The standard InChI is InChI=1S/C27H34FN5O3/c1-2-33-22(11-12-29-33)26(35)31-25(24(18-6-7-18)19-8-9-19)27(36)30-21-10-5-17(15-20(21)28)16-23(34)32-13-3-4-14-32/h5,10-12,15,18-19,24-25H,2-4,6-9,13-14,16H2,1H3,(H,30,36)(H,31,35). The third-order valence-corrected chi connectivity index (χ3v) is 7.64. The summed E-state index contributed by atoms with van der Waals surface area (Å²) in [4.78, 5) is 40.8. The summed E-state index contributed by atoms with van der Waals surface area (Å²) in [5.74, 6) is -0.520. The topological polar surface area (TPSA) is 96.3 Å². The Balaban J connectivity index is 1.31. The largest absolute Gasteiger partial charge is 0.342 e. The van der Waals surface area contributed by atoms with Crippen LogP contribution < -0.4 is 10.6 Å². The van der Waals surface area contributed by atoms with E-state index in [2.05, 4.69) is 15.7 Å². The van der Waals surface area contributed by atoms with E-state index >= 15 is 0 Å². The van der Waals surface area contributed by atoms with Crippen molar-refractivity contribution in [2.45, 2.75) is 64.5 Å². The van der Waals surface area contributed by atoms with Crippen molar-refractivity contribution in [2.75, 3.05) is 18.4 Å². The van der Waals surface area contributed by atoms with Crippen LogP contribution in [0.25, 0.3) is 0 Å². The Morgan fingerprint density at radius 3 is 2.39 bits per heavy atom. The van der Waals surface area contributed by atoms with E-state index in [1.54, 1.807) is 27.9 Å². The molecule has 1 aromatic heterocycles. The van der Waals surface area contributed by atoms with Gasteiger partial charge in [-0.15, -0.1) is 0 Å². The highest BCUT2D eigenvalue weighted by Gasteiger charge is 2.48. The van der Waals surface area contributed by atoms with Gasteiger partial charge in [0.05, 0.1) is 12.1 Å². The molecular formula is C27H34FN5O3. The molecule has 0 bridgehead atoms. The van der Waals surface area contributed by atoms with Gasteiger partial charge in [-0.2, -0.15) is 5.10 Å². The number of carbonyl (C=O) groups is 3. The minimum Gasteiger partial charge on any atom is -0.342 e. The number of hydrogen-bond acceptors (Lipinski definition) is 4. The summed E-state index contributed by atoms with van der Waals surface area (Å²) in [5.41, 5.74) is 1.04. The van der Waals surface area contributed by atoms with Crippen molar-refractivity contribution in [2.24, 2.45) is 17.8 Å². The molecule has 2 heterocycles. The minimum absolute atomic E-state index is 0.00510. The van der Waals surface area contributed by atoms with Crippen molar-refractivity contribution in [3.05, 3.63) is 47.5 Å². The SMILES string of the molecule is CCn1nccc1C(=O)NC(C(=O)Nc1ccc(CC(=O)N2CCCC2)cc1F)C(C1CC1)C1CC1. The van der Waals surface area contributed by atoms with E-state index in [1.165, 1.54) is 12.1 Å². The number of nitrogens with zero attached hydrogens (tertiary/aromatic N) is 3. The number of benzene rings is 1. The second kappa shape index (κ2) is 10.4. The van der Waals surface area contributed by atoms with Crippen molar-refractivity contribution >= 4 is 23.4 Å². The molecule has 2 saturated carbocycles. The van der Waals surface area contributed by atoms with Crippen LogP contribution in [-0.4, -0.2) is 51.5 Å². The molecule has 8 nitrogen and oxygen atoms in total. The second-order valence-corrected chi connectivity index (χ2v) is 10.3. The number of halogens is 1. The van der Waals surface area contributed by atoms with Crippen molar-refractivity contribution in [3.8, 4) is 0 Å². The Kier molecular flexibility index (Phi) is 7.07. The first-order valence-corrected chi connectivity index (χ1v) is 13.1. The molecule has 192 valence electrons. The van der Waals surface area contributed by atoms with Crippen LogP contribution in [0.2, 0.25) is 0 Å². The molecule has 1 atom stereocenters. The number of anilines is 1. The highest BCUT2D eigenvalue weighted by molar-refractivity contribution is 6.01. The maximum absolute atomic E-state index is 15.0. The number of aromatic nitrogens is 2. The Labute approximate surface area is 210 Å². The molecule has 3 aliphatic rings. The van der Waals surface area contributed by atoms with Crippen molar-refractivity contribution in [1.29, 1.82) is 0 Å². The van der Waals surface area contributed by atoms with Gasteiger partial charge in [-0.3, -0.25) is 19.1 Å². The quantitative estimate of drug-likeness (QED) is 0.528. The first kappa shape index (κ1) is 24.5. The van der Waals surface area contributed by atoms with Gasteiger partial charge in [-0.25, -0.2) is 4.39 Å². The molecule has 36 heavy (non-hydrogen) atoms. The molecule has 1 unspecified atom stereocenters. The molecule has 1 saturated heterocycles. The van der Waals surface area contributed by atoms with Gasteiger partial charge in [0, 0.05) is 25.8 Å². The zero-order valence-electron chi connectivity index (χ0n) is 20.7. The van der Waals surface area contributed by atoms with Gasteiger partial charge in [-0.05, 0) is 87.0 Å². The lowest BCUT2D eigenvalue weighted by molar-refractivity contribution is -0.129. The molecular weight excluding hydrogens is 461 g/mol. The zero-order valence-corrected chi connectivity index (χ0v) is 20.7. The number of aryl methyl sites for hydroxylation is 1. The van der Waals surface area contributed by atoms with Crippen LogP contribution in [0, 0.1) is 23.6 Å². The van der Waals surface area contributed by atoms with Crippen LogP contribution in [0.5, 0.6) is 0 Å². The van der Waals surface area contributed by atoms with Crippen LogP contribution in [0.3, 0.4) is 0 Å². The van der Waals surface area contributed by atoms with Crippen molar-refractivity contribution < 1.29 is 18.8 Å². The first-order valence-electron chi connectivity index (χ1n) is 13.1. The monoisotopic (exact) mass is 495 g/mol. The van der Waals surface area contributed by atoms with Gasteiger partial charge in [0.15, 0.2) is 0 Å². The third-order valence-electron chi connectivity index (χ3n) is 7.64. The first-order chi connectivity index (χ1) is 17.4. The fraction of sp³-hybridized carbons (Fsp3) is 0.556. The summed E-state index contributed by atoms with van der Waals surface area (Å²) in [6.07, 6.45) is 7.89. The van der Waals surface area contributed by atoms with Gasteiger partial charge >= 0.3 is 0 Å². The molecule has 3 fully saturated rings. The molecule has 5 rings (SSSR count). The van der Waals surface area contributed by atoms with Gasteiger partial charge in [0.2, 0.25) is 11.8 Å².